The summed E-state index contributed by atoms with van der Waals surface area (Å²) in [6, 6.07) is 0. The van der Waals surface area contributed by atoms with Crippen molar-refractivity contribution in [1.29, 1.82) is 0 Å². The summed E-state index contributed by atoms with van der Waals surface area (Å²) in [4.78, 5) is 0. The van der Waals surface area contributed by atoms with Crippen LogP contribution in [0.25, 0.3) is 0 Å². The van der Waals surface area contributed by atoms with Gasteiger partial charge in [-0.1, -0.05) is 63.7 Å². The molecule has 0 radical (unpaired) electrons. The Morgan fingerprint density at radius 2 is 1.15 bits per heavy atom. The molecule has 5 heteroatoms. The van der Waals surface area contributed by atoms with Gasteiger partial charge in [0.1, 0.15) is 0 Å². The molecule has 0 fully saturated rings. The second kappa shape index (κ2) is 18.6. The number of unbranched alkanes of at least 4 members (excludes halogenated alkanes) is 11. The Morgan fingerprint density at radius 3 is 1.67 bits per heavy atom. The van der Waals surface area contributed by atoms with E-state index >= 15 is 0 Å². The summed E-state index contributed by atoms with van der Waals surface area (Å²) in [5.41, 5.74) is 0. The molecule has 0 saturated carbocycles. The molecule has 0 heterocycles. The molecule has 27 heavy (non-hydrogen) atoms. The van der Waals surface area contributed by atoms with Gasteiger partial charge in [-0.25, -0.2) is 0 Å². The fraction of sp³-hybridized carbons (Fsp3) is 0.909. The van der Waals surface area contributed by atoms with Crippen LogP contribution in [-0.4, -0.2) is 32.1 Å². The topological polar surface area (TPSA) is 18.5 Å². The first-order valence-electron chi connectivity index (χ1n) is 10.7. The van der Waals surface area contributed by atoms with Crippen LogP contribution in [0.3, 0.4) is 0 Å². The first-order chi connectivity index (χ1) is 12.9. The van der Waals surface area contributed by atoms with Gasteiger partial charge in [-0.05, 0) is 33.1 Å². The molecule has 0 aromatic heterocycles. The maximum absolute atomic E-state index is 11.8. The lowest BCUT2D eigenvalue weighted by Gasteiger charge is -2.07. The van der Waals surface area contributed by atoms with E-state index in [4.69, 9.17) is 9.47 Å². The number of ether oxygens (including phenoxy) is 2. The molecule has 0 N–H and O–H groups in total. The Morgan fingerprint density at radius 1 is 0.667 bits per heavy atom. The van der Waals surface area contributed by atoms with Gasteiger partial charge in [0.2, 0.25) is 0 Å². The third-order valence-electron chi connectivity index (χ3n) is 4.20. The van der Waals surface area contributed by atoms with E-state index in [9.17, 15) is 13.2 Å². The molecule has 0 rings (SSSR count). The van der Waals surface area contributed by atoms with Crippen LogP contribution in [0.4, 0.5) is 13.2 Å². The van der Waals surface area contributed by atoms with E-state index in [-0.39, 0.29) is 0 Å². The van der Waals surface area contributed by atoms with Crippen molar-refractivity contribution in [2.45, 2.75) is 110 Å². The van der Waals surface area contributed by atoms with Gasteiger partial charge in [0, 0.05) is 32.2 Å². The van der Waals surface area contributed by atoms with Crippen molar-refractivity contribution in [3.8, 4) is 11.8 Å². The molecule has 0 aliphatic heterocycles. The van der Waals surface area contributed by atoms with E-state index in [0.717, 1.165) is 51.9 Å². The Labute approximate surface area is 164 Å². The van der Waals surface area contributed by atoms with Crippen LogP contribution in [-0.2, 0) is 9.47 Å². The molecule has 0 saturated heterocycles. The van der Waals surface area contributed by atoms with Crippen LogP contribution in [0.2, 0.25) is 0 Å². The smallest absolute Gasteiger partial charge is 0.381 e. The van der Waals surface area contributed by atoms with Gasteiger partial charge in [0.25, 0.3) is 0 Å². The van der Waals surface area contributed by atoms with Gasteiger partial charge in [-0.15, -0.1) is 0 Å². The van der Waals surface area contributed by atoms with Crippen LogP contribution in [0.1, 0.15) is 97.3 Å². The van der Waals surface area contributed by atoms with E-state index in [2.05, 4.69) is 5.92 Å². The molecule has 0 bridgehead atoms. The molecule has 0 aromatic carbocycles. The Bertz CT molecular complexity index is 370. The van der Waals surface area contributed by atoms with Crippen molar-refractivity contribution in [1.82, 2.24) is 0 Å². The van der Waals surface area contributed by atoms with Crippen molar-refractivity contribution in [2.75, 3.05) is 19.8 Å². The molecule has 160 valence electrons. The largest absolute Gasteiger partial charge is 0.457 e. The molecule has 0 atom stereocenters. The predicted octanol–water partition coefficient (Wildman–Crippen LogP) is 7.07. The van der Waals surface area contributed by atoms with Crippen LogP contribution in [0, 0.1) is 11.8 Å². The molecule has 0 aliphatic carbocycles. The van der Waals surface area contributed by atoms with Crippen molar-refractivity contribution >= 4 is 0 Å². The monoisotopic (exact) mass is 392 g/mol. The fourth-order valence-corrected chi connectivity index (χ4v) is 2.75. The molecule has 2 nitrogen and oxygen atoms in total. The molecule has 0 aliphatic rings. The fourth-order valence-electron chi connectivity index (χ4n) is 2.75. The zero-order valence-corrected chi connectivity index (χ0v) is 17.3. The molecule has 0 aromatic rings. The van der Waals surface area contributed by atoms with Crippen molar-refractivity contribution in [2.24, 2.45) is 0 Å². The average Bonchev–Trinajstić information content (AvgIpc) is 2.58. The maximum Gasteiger partial charge on any atom is 0.457 e. The third kappa shape index (κ3) is 25.3. The highest BCUT2D eigenvalue weighted by atomic mass is 19.4. The minimum absolute atomic E-state index is 0.302. The first kappa shape index (κ1) is 26.3. The van der Waals surface area contributed by atoms with Gasteiger partial charge in [0.15, 0.2) is 0 Å². The second-order valence-corrected chi connectivity index (χ2v) is 7.32. The van der Waals surface area contributed by atoms with E-state index in [1.165, 1.54) is 50.9 Å². The summed E-state index contributed by atoms with van der Waals surface area (Å²) in [5, 5.41) is 0. The zero-order chi connectivity index (χ0) is 20.2. The Balaban J connectivity index is 3.10. The quantitative estimate of drug-likeness (QED) is 0.183. The summed E-state index contributed by atoms with van der Waals surface area (Å²) in [6.07, 6.45) is 10.1. The molecule has 0 unspecified atom stereocenters. The summed E-state index contributed by atoms with van der Waals surface area (Å²) in [5.74, 6) is 3.51. The number of hydrogen-bond acceptors (Lipinski definition) is 2. The summed E-state index contributed by atoms with van der Waals surface area (Å²) >= 11 is 0. The minimum Gasteiger partial charge on any atom is -0.381 e. The maximum atomic E-state index is 11.8. The number of hydrogen-bond donors (Lipinski definition) is 0. The minimum atomic E-state index is -4.34. The highest BCUT2D eigenvalue weighted by molar-refractivity contribution is 5.04. The highest BCUT2D eigenvalue weighted by Crippen LogP contribution is 2.13. The Kier molecular flexibility index (Phi) is 18.1. The standard InChI is InChI=1S/C22H39F3O2/c1-21(2)27-20-16-19-26-18-15-13-11-9-7-5-3-4-6-8-10-12-14-17-22(23,24)25/h21H,3-13,15-16,18-20H2,1-2H3. The summed E-state index contributed by atoms with van der Waals surface area (Å²) in [7, 11) is 0. The van der Waals surface area contributed by atoms with Crippen LogP contribution >= 0.6 is 0 Å². The second-order valence-electron chi connectivity index (χ2n) is 7.32. The Hall–Kier alpha value is -0.730. The number of rotatable bonds is 18. The number of alkyl halides is 3. The van der Waals surface area contributed by atoms with Gasteiger partial charge < -0.3 is 9.47 Å². The van der Waals surface area contributed by atoms with Gasteiger partial charge >= 0.3 is 6.18 Å². The predicted molar refractivity (Wildman–Crippen MR) is 106 cm³/mol. The summed E-state index contributed by atoms with van der Waals surface area (Å²) < 4.78 is 46.5. The normalized spacial score (nSPS) is 11.6. The van der Waals surface area contributed by atoms with Crippen molar-refractivity contribution < 1.29 is 22.6 Å². The SMILES string of the molecule is CC(C)OCCCOCCCCCCCCCCCCCC#CC(F)(F)F. The zero-order valence-electron chi connectivity index (χ0n) is 17.3. The van der Waals surface area contributed by atoms with Gasteiger partial charge in [0.05, 0.1) is 6.10 Å². The average molecular weight is 393 g/mol. The lowest BCUT2D eigenvalue weighted by molar-refractivity contribution is -0.0697. The van der Waals surface area contributed by atoms with E-state index in [1.54, 1.807) is 0 Å². The highest BCUT2D eigenvalue weighted by Gasteiger charge is 2.22. The van der Waals surface area contributed by atoms with Crippen molar-refractivity contribution in [3.63, 3.8) is 0 Å². The van der Waals surface area contributed by atoms with Gasteiger partial charge in [-0.2, -0.15) is 13.2 Å². The van der Waals surface area contributed by atoms with Crippen molar-refractivity contribution in [3.05, 3.63) is 0 Å². The lowest BCUT2D eigenvalue weighted by Crippen LogP contribution is -2.07. The van der Waals surface area contributed by atoms with Crippen LogP contribution in [0.15, 0.2) is 0 Å². The lowest BCUT2D eigenvalue weighted by atomic mass is 10.1. The van der Waals surface area contributed by atoms with E-state index in [1.807, 2.05) is 13.8 Å². The third-order valence-corrected chi connectivity index (χ3v) is 4.20. The number of halogens is 3. The molecule has 0 spiro atoms. The van der Waals surface area contributed by atoms with Crippen LogP contribution in [0.5, 0.6) is 0 Å². The van der Waals surface area contributed by atoms with E-state index in [0.29, 0.717) is 12.5 Å². The first-order valence-corrected chi connectivity index (χ1v) is 10.7. The van der Waals surface area contributed by atoms with Gasteiger partial charge in [-0.3, -0.25) is 0 Å². The molecular formula is C22H39F3O2. The molecular weight excluding hydrogens is 353 g/mol. The summed E-state index contributed by atoms with van der Waals surface area (Å²) in [6.45, 7) is 6.52. The van der Waals surface area contributed by atoms with E-state index < -0.39 is 6.18 Å². The van der Waals surface area contributed by atoms with Crippen LogP contribution < -0.4 is 0 Å². The molecule has 0 amide bonds.